The van der Waals surface area contributed by atoms with E-state index >= 15 is 0 Å². The highest BCUT2D eigenvalue weighted by atomic mass is 16.5. The van der Waals surface area contributed by atoms with Gasteiger partial charge in [-0.3, -0.25) is 4.79 Å². The highest BCUT2D eigenvalue weighted by Gasteiger charge is 2.24. The fourth-order valence-corrected chi connectivity index (χ4v) is 1.79. The molecular weight excluding hydrogens is 286 g/mol. The number of esters is 2. The fraction of sp³-hybridized carbons (Fsp3) is 0.533. The molecule has 22 heavy (non-hydrogen) atoms. The molecule has 0 saturated carbocycles. The van der Waals surface area contributed by atoms with Crippen LogP contribution in [0.25, 0.3) is 0 Å². The molecule has 0 aliphatic carbocycles. The largest absolute Gasteiger partial charge is 0.466 e. The van der Waals surface area contributed by atoms with Crippen LogP contribution >= 0.6 is 0 Å². The van der Waals surface area contributed by atoms with Crippen LogP contribution in [0.3, 0.4) is 0 Å². The van der Waals surface area contributed by atoms with Crippen LogP contribution in [0.1, 0.15) is 26.7 Å². The summed E-state index contributed by atoms with van der Waals surface area (Å²) in [4.78, 5) is 23.6. The predicted octanol–water partition coefficient (Wildman–Crippen LogP) is 0.880. The molecule has 1 rings (SSSR count). The second-order valence-corrected chi connectivity index (χ2v) is 4.43. The highest BCUT2D eigenvalue weighted by molar-refractivity contribution is 5.83. The molecular formula is C15H23N3O4. The van der Waals surface area contributed by atoms with Gasteiger partial charge in [0, 0.05) is 18.3 Å². The smallest absolute Gasteiger partial charge is 0.329 e. The maximum Gasteiger partial charge on any atom is 0.329 e. The number of hydrogen-bond donors (Lipinski definition) is 2. The number of nitrogens with one attached hydrogen (secondary N) is 2. The van der Waals surface area contributed by atoms with Gasteiger partial charge in [0.05, 0.1) is 26.2 Å². The zero-order chi connectivity index (χ0) is 16.2. The van der Waals surface area contributed by atoms with Crippen LogP contribution in [-0.2, 0) is 19.1 Å². The van der Waals surface area contributed by atoms with E-state index in [1.807, 2.05) is 18.2 Å². The molecule has 1 aliphatic rings. The van der Waals surface area contributed by atoms with Crippen molar-refractivity contribution in [3.05, 3.63) is 23.9 Å². The summed E-state index contributed by atoms with van der Waals surface area (Å²) in [7, 11) is 0. The first-order valence-corrected chi connectivity index (χ1v) is 7.37. The van der Waals surface area contributed by atoms with Crippen LogP contribution in [0.5, 0.6) is 0 Å². The molecule has 0 amide bonds. The Bertz CT molecular complexity index is 458. The SMILES string of the molecule is CCOC(=O)CC(NC1=CC/C=N\NCC=C1)C(=O)OCC. The van der Waals surface area contributed by atoms with Gasteiger partial charge in [-0.1, -0.05) is 12.2 Å². The molecule has 0 fully saturated rings. The molecule has 7 nitrogen and oxygen atoms in total. The minimum absolute atomic E-state index is 0.0792. The molecule has 0 aromatic heterocycles. The average Bonchev–Trinajstić information content (AvgIpc) is 2.61. The average molecular weight is 309 g/mol. The van der Waals surface area contributed by atoms with Crippen molar-refractivity contribution in [3.63, 3.8) is 0 Å². The van der Waals surface area contributed by atoms with Crippen LogP contribution in [0.4, 0.5) is 0 Å². The third-order valence-corrected chi connectivity index (χ3v) is 2.72. The lowest BCUT2D eigenvalue weighted by atomic mass is 10.2. The van der Waals surface area contributed by atoms with Crippen molar-refractivity contribution < 1.29 is 19.1 Å². The Morgan fingerprint density at radius 3 is 2.86 bits per heavy atom. The maximum atomic E-state index is 12.0. The summed E-state index contributed by atoms with van der Waals surface area (Å²) in [6.45, 7) is 4.56. The summed E-state index contributed by atoms with van der Waals surface area (Å²) in [5, 5.41) is 7.01. The van der Waals surface area contributed by atoms with Crippen molar-refractivity contribution >= 4 is 18.2 Å². The van der Waals surface area contributed by atoms with Crippen LogP contribution in [0.2, 0.25) is 0 Å². The molecule has 1 heterocycles. The van der Waals surface area contributed by atoms with E-state index in [0.717, 1.165) is 5.70 Å². The van der Waals surface area contributed by atoms with Gasteiger partial charge in [0.15, 0.2) is 0 Å². The molecule has 0 radical (unpaired) electrons. The van der Waals surface area contributed by atoms with Gasteiger partial charge >= 0.3 is 11.9 Å². The van der Waals surface area contributed by atoms with E-state index in [1.54, 1.807) is 20.1 Å². The third-order valence-electron chi connectivity index (χ3n) is 2.72. The summed E-state index contributed by atoms with van der Waals surface area (Å²) in [5.41, 5.74) is 3.58. The Morgan fingerprint density at radius 1 is 1.36 bits per heavy atom. The zero-order valence-electron chi connectivity index (χ0n) is 13.0. The number of allylic oxidation sites excluding steroid dienone is 2. The molecule has 0 saturated heterocycles. The van der Waals surface area contributed by atoms with E-state index < -0.39 is 18.0 Å². The number of ether oxygens (including phenoxy) is 2. The topological polar surface area (TPSA) is 89.0 Å². The summed E-state index contributed by atoms with van der Waals surface area (Å²) >= 11 is 0. The second kappa shape index (κ2) is 10.4. The van der Waals surface area contributed by atoms with Crippen LogP contribution in [-0.4, -0.2) is 44.0 Å². The molecule has 1 unspecified atom stereocenters. The van der Waals surface area contributed by atoms with Gasteiger partial charge in [0.25, 0.3) is 0 Å². The van der Waals surface area contributed by atoms with Gasteiger partial charge in [-0.25, -0.2) is 4.79 Å². The Morgan fingerprint density at radius 2 is 2.14 bits per heavy atom. The predicted molar refractivity (Wildman–Crippen MR) is 83.1 cm³/mol. The summed E-state index contributed by atoms with van der Waals surface area (Å²) in [6, 6.07) is -0.777. The first kappa shape index (κ1) is 17.7. The lowest BCUT2D eigenvalue weighted by molar-refractivity contribution is -0.152. The number of nitrogens with zero attached hydrogens (tertiary/aromatic N) is 1. The molecule has 122 valence electrons. The van der Waals surface area contributed by atoms with E-state index in [2.05, 4.69) is 15.8 Å². The molecule has 0 aromatic rings. The first-order chi connectivity index (χ1) is 10.7. The van der Waals surface area contributed by atoms with Gasteiger partial charge in [-0.05, 0) is 19.9 Å². The van der Waals surface area contributed by atoms with E-state index in [4.69, 9.17) is 9.47 Å². The van der Waals surface area contributed by atoms with Crippen molar-refractivity contribution in [2.45, 2.75) is 32.7 Å². The zero-order valence-corrected chi connectivity index (χ0v) is 13.0. The first-order valence-electron chi connectivity index (χ1n) is 7.37. The van der Waals surface area contributed by atoms with Gasteiger partial charge in [0.1, 0.15) is 6.04 Å². The second-order valence-electron chi connectivity index (χ2n) is 4.43. The van der Waals surface area contributed by atoms with Crippen molar-refractivity contribution in [3.8, 4) is 0 Å². The van der Waals surface area contributed by atoms with E-state index in [0.29, 0.717) is 13.0 Å². The van der Waals surface area contributed by atoms with E-state index in [-0.39, 0.29) is 19.6 Å². The van der Waals surface area contributed by atoms with E-state index in [1.165, 1.54) is 0 Å². The Balaban J connectivity index is 2.76. The van der Waals surface area contributed by atoms with Crippen molar-refractivity contribution in [2.24, 2.45) is 5.10 Å². The third kappa shape index (κ3) is 6.92. The van der Waals surface area contributed by atoms with Gasteiger partial charge in [0.2, 0.25) is 0 Å². The van der Waals surface area contributed by atoms with Crippen molar-refractivity contribution in [1.29, 1.82) is 0 Å². The molecule has 0 bridgehead atoms. The summed E-state index contributed by atoms with van der Waals surface area (Å²) < 4.78 is 9.91. The molecule has 1 aliphatic heterocycles. The number of rotatable bonds is 7. The minimum atomic E-state index is -0.777. The van der Waals surface area contributed by atoms with Gasteiger partial charge in [-0.2, -0.15) is 5.10 Å². The van der Waals surface area contributed by atoms with E-state index in [9.17, 15) is 9.59 Å². The quantitative estimate of drug-likeness (QED) is 0.679. The fourth-order valence-electron chi connectivity index (χ4n) is 1.79. The number of carbonyl (C=O) groups excluding carboxylic acids is 2. The Kier molecular flexibility index (Phi) is 8.40. The molecule has 7 heteroatoms. The lowest BCUT2D eigenvalue weighted by Gasteiger charge is -2.18. The summed E-state index contributed by atoms with van der Waals surface area (Å²) in [6.07, 6.45) is 7.83. The van der Waals surface area contributed by atoms with Gasteiger partial charge < -0.3 is 20.2 Å². The molecule has 0 aromatic carbocycles. The van der Waals surface area contributed by atoms with Crippen molar-refractivity contribution in [1.82, 2.24) is 10.7 Å². The highest BCUT2D eigenvalue weighted by Crippen LogP contribution is 2.05. The molecule has 2 N–H and O–H groups in total. The monoisotopic (exact) mass is 309 g/mol. The molecule has 0 spiro atoms. The normalized spacial score (nSPS) is 16.9. The minimum Gasteiger partial charge on any atom is -0.466 e. The van der Waals surface area contributed by atoms with Crippen LogP contribution in [0, 0.1) is 0 Å². The van der Waals surface area contributed by atoms with Gasteiger partial charge in [-0.15, -0.1) is 0 Å². The Hall–Kier alpha value is -2.31. The summed E-state index contributed by atoms with van der Waals surface area (Å²) in [5.74, 6) is -0.916. The maximum absolute atomic E-state index is 12.0. The van der Waals surface area contributed by atoms with Crippen LogP contribution < -0.4 is 10.7 Å². The lowest BCUT2D eigenvalue weighted by Crippen LogP contribution is -2.39. The van der Waals surface area contributed by atoms with Crippen LogP contribution in [0.15, 0.2) is 29.0 Å². The number of hydrazone groups is 1. The standard InChI is InChI=1S/C15H23N3O4/c1-3-21-14(19)11-13(15(20)22-4-2)18-12-7-5-9-16-17-10-6-8-12/h5,7-8,10,13,16,18H,3-4,6,9,11H2,1-2H3/b7-5?,12-8?,17-10-. The Labute approximate surface area is 130 Å². The number of hydrogen-bond acceptors (Lipinski definition) is 7. The number of carbonyl (C=O) groups is 2. The van der Waals surface area contributed by atoms with Crippen molar-refractivity contribution in [2.75, 3.05) is 19.8 Å². The molecule has 1 atom stereocenters.